The topological polar surface area (TPSA) is 115 Å². The molecule has 0 aromatic carbocycles. The fourth-order valence-corrected chi connectivity index (χ4v) is 2.24. The Balaban J connectivity index is 0.00000163. The molecule has 2 rings (SSSR count). The van der Waals surface area contributed by atoms with Gasteiger partial charge in [0, 0.05) is 25.7 Å². The van der Waals surface area contributed by atoms with E-state index in [0.717, 1.165) is 5.56 Å². The number of hydroxylamine groups is 1. The van der Waals surface area contributed by atoms with Crippen LogP contribution in [0.2, 0.25) is 0 Å². The standard InChI is InChI=1S/C15H24N6O3.C2H6/c1-4-12(24-17-3)14(22)18-9-11-10(2)13(16)20-15(19-11)21-5-7-23-8-6-21;1-2/h4,17H,5-9H2,1-3H3,(H,18,22)(H2,16,19,20);1-2H3/b12-4-;. The average Bonchev–Trinajstić information content (AvgIpc) is 2.69. The van der Waals surface area contributed by atoms with Crippen LogP contribution in [-0.2, 0) is 20.9 Å². The van der Waals surface area contributed by atoms with Gasteiger partial charge in [-0.05, 0) is 19.9 Å². The molecule has 1 aromatic heterocycles. The molecular formula is C17H30N6O3. The Morgan fingerprint density at radius 3 is 2.58 bits per heavy atom. The quantitative estimate of drug-likeness (QED) is 0.386. The van der Waals surface area contributed by atoms with Gasteiger partial charge in [0.25, 0.3) is 5.91 Å². The van der Waals surface area contributed by atoms with E-state index in [4.69, 9.17) is 15.3 Å². The summed E-state index contributed by atoms with van der Waals surface area (Å²) in [6.45, 7) is 10.5. The number of nitrogens with two attached hydrogens (primary N) is 1. The van der Waals surface area contributed by atoms with E-state index < -0.39 is 0 Å². The highest BCUT2D eigenvalue weighted by Crippen LogP contribution is 2.18. The molecule has 4 N–H and O–H groups in total. The fourth-order valence-electron chi connectivity index (χ4n) is 2.24. The molecule has 0 aliphatic carbocycles. The molecule has 0 unspecified atom stereocenters. The maximum absolute atomic E-state index is 12.1. The highest BCUT2D eigenvalue weighted by molar-refractivity contribution is 5.91. The second-order valence-corrected chi connectivity index (χ2v) is 5.22. The summed E-state index contributed by atoms with van der Waals surface area (Å²) < 4.78 is 5.33. The van der Waals surface area contributed by atoms with Crippen molar-refractivity contribution in [3.8, 4) is 0 Å². The predicted molar refractivity (Wildman–Crippen MR) is 101 cm³/mol. The summed E-state index contributed by atoms with van der Waals surface area (Å²) in [7, 11) is 1.58. The van der Waals surface area contributed by atoms with Gasteiger partial charge in [-0.15, -0.1) is 0 Å². The number of allylic oxidation sites excluding steroid dienone is 1. The number of amides is 1. The molecule has 1 saturated heterocycles. The van der Waals surface area contributed by atoms with Crippen LogP contribution in [0.1, 0.15) is 32.0 Å². The van der Waals surface area contributed by atoms with Crippen LogP contribution in [0.3, 0.4) is 0 Å². The van der Waals surface area contributed by atoms with E-state index in [1.807, 2.05) is 25.7 Å². The first-order valence-corrected chi connectivity index (χ1v) is 8.80. The van der Waals surface area contributed by atoms with Gasteiger partial charge in [0.2, 0.25) is 11.7 Å². The number of nitrogens with zero attached hydrogens (tertiary/aromatic N) is 3. The Labute approximate surface area is 154 Å². The Kier molecular flexibility index (Phi) is 9.38. The van der Waals surface area contributed by atoms with E-state index in [9.17, 15) is 4.79 Å². The van der Waals surface area contributed by atoms with Crippen molar-refractivity contribution in [2.75, 3.05) is 44.0 Å². The maximum atomic E-state index is 12.1. The number of nitrogens with one attached hydrogen (secondary N) is 2. The Bertz CT molecular complexity index is 615. The van der Waals surface area contributed by atoms with Crippen molar-refractivity contribution in [3.63, 3.8) is 0 Å². The van der Waals surface area contributed by atoms with Crippen LogP contribution in [0.5, 0.6) is 0 Å². The molecule has 0 bridgehead atoms. The monoisotopic (exact) mass is 366 g/mol. The van der Waals surface area contributed by atoms with E-state index in [0.29, 0.717) is 43.8 Å². The van der Waals surface area contributed by atoms with E-state index in [1.165, 1.54) is 0 Å². The minimum Gasteiger partial charge on any atom is -0.404 e. The van der Waals surface area contributed by atoms with E-state index in [1.54, 1.807) is 20.0 Å². The van der Waals surface area contributed by atoms with Gasteiger partial charge >= 0.3 is 0 Å². The number of nitrogen functional groups attached to an aromatic ring is 1. The van der Waals surface area contributed by atoms with E-state index >= 15 is 0 Å². The SMILES string of the molecule is C/C=C(\ONC)C(=O)NCc1nc(N2CCOCC2)nc(N)c1C.CC. The van der Waals surface area contributed by atoms with Crippen molar-refractivity contribution in [3.05, 3.63) is 23.1 Å². The lowest BCUT2D eigenvalue weighted by Crippen LogP contribution is -2.38. The summed E-state index contributed by atoms with van der Waals surface area (Å²) in [5, 5.41) is 2.77. The first-order chi connectivity index (χ1) is 12.6. The maximum Gasteiger partial charge on any atom is 0.288 e. The third-order valence-electron chi connectivity index (χ3n) is 3.68. The second-order valence-electron chi connectivity index (χ2n) is 5.22. The number of anilines is 2. The summed E-state index contributed by atoms with van der Waals surface area (Å²) >= 11 is 0. The zero-order chi connectivity index (χ0) is 19.5. The number of hydrogen-bond acceptors (Lipinski definition) is 8. The molecule has 26 heavy (non-hydrogen) atoms. The molecule has 1 amide bonds. The number of ether oxygens (including phenoxy) is 1. The number of rotatable bonds is 6. The minimum atomic E-state index is -0.337. The van der Waals surface area contributed by atoms with Gasteiger partial charge < -0.3 is 25.5 Å². The largest absolute Gasteiger partial charge is 0.404 e. The average molecular weight is 366 g/mol. The van der Waals surface area contributed by atoms with Gasteiger partial charge in [-0.1, -0.05) is 13.8 Å². The Morgan fingerprint density at radius 2 is 2.00 bits per heavy atom. The highest BCUT2D eigenvalue weighted by Gasteiger charge is 2.18. The Hall–Kier alpha value is -2.39. The van der Waals surface area contributed by atoms with Crippen LogP contribution >= 0.6 is 0 Å². The highest BCUT2D eigenvalue weighted by atomic mass is 16.6. The first kappa shape index (κ1) is 21.7. The third-order valence-corrected chi connectivity index (χ3v) is 3.68. The van der Waals surface area contributed by atoms with Crippen molar-refractivity contribution in [2.24, 2.45) is 0 Å². The number of morpholine rings is 1. The fraction of sp³-hybridized carbons (Fsp3) is 0.588. The van der Waals surface area contributed by atoms with Crippen LogP contribution in [-0.4, -0.2) is 49.2 Å². The van der Waals surface area contributed by atoms with Gasteiger partial charge in [0.1, 0.15) is 5.82 Å². The molecule has 0 radical (unpaired) electrons. The smallest absolute Gasteiger partial charge is 0.288 e. The van der Waals surface area contributed by atoms with Crippen LogP contribution in [0, 0.1) is 6.92 Å². The van der Waals surface area contributed by atoms with Gasteiger partial charge in [0.05, 0.1) is 25.5 Å². The molecular weight excluding hydrogens is 336 g/mol. The van der Waals surface area contributed by atoms with Crippen molar-refractivity contribution in [1.29, 1.82) is 0 Å². The van der Waals surface area contributed by atoms with E-state index in [2.05, 4.69) is 20.8 Å². The summed E-state index contributed by atoms with van der Waals surface area (Å²) in [6, 6.07) is 0. The van der Waals surface area contributed by atoms with Crippen molar-refractivity contribution < 1.29 is 14.4 Å². The summed E-state index contributed by atoms with van der Waals surface area (Å²) in [4.78, 5) is 28.0. The van der Waals surface area contributed by atoms with Crippen LogP contribution in [0.15, 0.2) is 11.8 Å². The zero-order valence-corrected chi connectivity index (χ0v) is 16.3. The van der Waals surface area contributed by atoms with Gasteiger partial charge in [-0.3, -0.25) is 4.79 Å². The summed E-state index contributed by atoms with van der Waals surface area (Å²) in [6.07, 6.45) is 1.58. The third kappa shape index (κ3) is 5.85. The molecule has 0 atom stereocenters. The summed E-state index contributed by atoms with van der Waals surface area (Å²) in [5.74, 6) is 0.818. The minimum absolute atomic E-state index is 0.186. The number of carbonyl (C=O) groups excluding carboxylic acids is 1. The molecule has 1 fully saturated rings. The molecule has 1 aromatic rings. The predicted octanol–water partition coefficient (Wildman–Crippen LogP) is 0.901. The first-order valence-electron chi connectivity index (χ1n) is 8.80. The molecule has 9 heteroatoms. The van der Waals surface area contributed by atoms with Gasteiger partial charge in [0.15, 0.2) is 0 Å². The van der Waals surface area contributed by atoms with Crippen LogP contribution in [0.4, 0.5) is 11.8 Å². The van der Waals surface area contributed by atoms with Crippen molar-refractivity contribution in [2.45, 2.75) is 34.2 Å². The molecule has 1 aliphatic rings. The number of hydrogen-bond donors (Lipinski definition) is 3. The lowest BCUT2D eigenvalue weighted by atomic mass is 10.2. The van der Waals surface area contributed by atoms with Crippen molar-refractivity contribution >= 4 is 17.7 Å². The van der Waals surface area contributed by atoms with E-state index in [-0.39, 0.29) is 18.2 Å². The van der Waals surface area contributed by atoms with Crippen LogP contribution < -0.4 is 21.4 Å². The normalized spacial score (nSPS) is 14.3. The van der Waals surface area contributed by atoms with Crippen molar-refractivity contribution in [1.82, 2.24) is 20.8 Å². The molecule has 2 heterocycles. The second kappa shape index (κ2) is 11.3. The van der Waals surface area contributed by atoms with Gasteiger partial charge in [-0.25, -0.2) is 4.98 Å². The molecule has 9 nitrogen and oxygen atoms in total. The zero-order valence-electron chi connectivity index (χ0n) is 16.3. The van der Waals surface area contributed by atoms with Crippen LogP contribution in [0.25, 0.3) is 0 Å². The lowest BCUT2D eigenvalue weighted by molar-refractivity contribution is -0.122. The lowest BCUT2D eigenvalue weighted by Gasteiger charge is -2.27. The number of carbonyl (C=O) groups is 1. The summed E-state index contributed by atoms with van der Waals surface area (Å²) in [5.41, 5.74) is 9.91. The van der Waals surface area contributed by atoms with Gasteiger partial charge in [-0.2, -0.15) is 10.5 Å². The number of aromatic nitrogens is 2. The Morgan fingerprint density at radius 1 is 1.35 bits per heavy atom. The molecule has 1 aliphatic heterocycles. The molecule has 0 spiro atoms. The molecule has 146 valence electrons. The molecule has 0 saturated carbocycles.